The van der Waals surface area contributed by atoms with E-state index < -0.39 is 0 Å². The minimum Gasteiger partial charge on any atom is -0.395 e. The monoisotopic (exact) mass is 296 g/mol. The lowest BCUT2D eigenvalue weighted by molar-refractivity contribution is 0.304. The van der Waals surface area contributed by atoms with Crippen LogP contribution in [0.25, 0.3) is 10.9 Å². The van der Waals surface area contributed by atoms with E-state index in [0.29, 0.717) is 6.54 Å². The number of likely N-dealkylation sites (N-methyl/N-ethyl adjacent to an activating group) is 1. The van der Waals surface area contributed by atoms with Gasteiger partial charge in [0.25, 0.3) is 0 Å². The Labute approximate surface area is 129 Å². The van der Waals surface area contributed by atoms with Crippen LogP contribution in [0.4, 0.5) is 11.5 Å². The van der Waals surface area contributed by atoms with Crippen LogP contribution in [0.15, 0.2) is 48.8 Å². The maximum Gasteiger partial charge on any atom is 0.126 e. The summed E-state index contributed by atoms with van der Waals surface area (Å²) < 4.78 is 0. The molecule has 0 aliphatic rings. The van der Waals surface area contributed by atoms with E-state index in [1.54, 1.807) is 0 Å². The molecule has 3 rings (SSSR count). The van der Waals surface area contributed by atoms with Crippen molar-refractivity contribution in [3.8, 4) is 0 Å². The van der Waals surface area contributed by atoms with Gasteiger partial charge in [0.15, 0.2) is 0 Å². The second-order valence-corrected chi connectivity index (χ2v) is 5.26. The van der Waals surface area contributed by atoms with Crippen molar-refractivity contribution in [2.24, 2.45) is 0 Å². The molecule has 5 heteroatoms. The number of aliphatic hydroxyl groups is 1. The first-order valence-electron chi connectivity index (χ1n) is 7.35. The smallest absolute Gasteiger partial charge is 0.126 e. The summed E-state index contributed by atoms with van der Waals surface area (Å²) in [6.07, 6.45) is 3.77. The average molecular weight is 296 g/mol. The van der Waals surface area contributed by atoms with Crippen LogP contribution in [0.2, 0.25) is 0 Å². The maximum absolute atomic E-state index is 8.95. The molecule has 0 saturated carbocycles. The van der Waals surface area contributed by atoms with Crippen LogP contribution in [0.3, 0.4) is 0 Å². The quantitative estimate of drug-likeness (QED) is 0.654. The number of aliphatic hydroxyl groups excluding tert-OH is 1. The molecule has 2 heterocycles. The lowest BCUT2D eigenvalue weighted by Gasteiger charge is -2.17. The highest BCUT2D eigenvalue weighted by Crippen LogP contribution is 2.19. The molecule has 0 fully saturated rings. The zero-order chi connectivity index (χ0) is 15.4. The van der Waals surface area contributed by atoms with Crippen molar-refractivity contribution in [3.05, 3.63) is 54.4 Å². The molecular formula is C17H20N4O. The number of fused-ring (bicyclic) bond motifs is 1. The van der Waals surface area contributed by atoms with Crippen molar-refractivity contribution in [2.75, 3.05) is 30.4 Å². The number of benzene rings is 1. The van der Waals surface area contributed by atoms with Crippen LogP contribution in [-0.4, -0.2) is 35.3 Å². The minimum absolute atomic E-state index is 0.136. The highest BCUT2D eigenvalue weighted by atomic mass is 16.3. The molecule has 1 aromatic carbocycles. The number of nitrogens with zero attached hydrogens (tertiary/aromatic N) is 2. The van der Waals surface area contributed by atoms with E-state index in [-0.39, 0.29) is 6.61 Å². The highest BCUT2D eigenvalue weighted by Gasteiger charge is 2.03. The molecule has 3 aromatic rings. The fraction of sp³-hybridized carbons (Fsp3) is 0.235. The van der Waals surface area contributed by atoms with E-state index in [0.717, 1.165) is 23.6 Å². The summed E-state index contributed by atoms with van der Waals surface area (Å²) in [6, 6.07) is 12.3. The Balaban J connectivity index is 1.68. The predicted octanol–water partition coefficient (Wildman–Crippen LogP) is 2.60. The standard InChI is InChI=1S/C17H20N4O/c1-21(9-10-22)14-5-6-17(20-12-14)19-11-13-3-2-4-16-15(13)7-8-18-16/h2-8,12,18,22H,9-11H2,1H3,(H,19,20). The Kier molecular flexibility index (Phi) is 4.25. The minimum atomic E-state index is 0.136. The summed E-state index contributed by atoms with van der Waals surface area (Å²) in [5, 5.41) is 13.5. The first-order valence-corrected chi connectivity index (χ1v) is 7.35. The molecule has 0 saturated heterocycles. The lowest BCUT2D eigenvalue weighted by Crippen LogP contribution is -2.21. The summed E-state index contributed by atoms with van der Waals surface area (Å²) in [4.78, 5) is 9.61. The molecule has 0 atom stereocenters. The fourth-order valence-electron chi connectivity index (χ4n) is 2.49. The lowest BCUT2D eigenvalue weighted by atomic mass is 10.1. The van der Waals surface area contributed by atoms with E-state index in [1.807, 2.05) is 36.5 Å². The third kappa shape index (κ3) is 3.04. The molecule has 0 spiro atoms. The van der Waals surface area contributed by atoms with E-state index in [2.05, 4.69) is 39.6 Å². The highest BCUT2D eigenvalue weighted by molar-refractivity contribution is 5.83. The van der Waals surface area contributed by atoms with Crippen molar-refractivity contribution >= 4 is 22.4 Å². The van der Waals surface area contributed by atoms with Gasteiger partial charge in [0, 0.05) is 37.2 Å². The van der Waals surface area contributed by atoms with Crippen LogP contribution in [0.5, 0.6) is 0 Å². The SMILES string of the molecule is CN(CCO)c1ccc(NCc2cccc3[nH]ccc23)nc1. The topological polar surface area (TPSA) is 64.2 Å². The van der Waals surface area contributed by atoms with E-state index in [4.69, 9.17) is 5.11 Å². The van der Waals surface area contributed by atoms with Gasteiger partial charge in [-0.05, 0) is 29.8 Å². The first kappa shape index (κ1) is 14.4. The Hall–Kier alpha value is -2.53. The number of rotatable bonds is 6. The van der Waals surface area contributed by atoms with E-state index in [9.17, 15) is 0 Å². The number of hydrogen-bond acceptors (Lipinski definition) is 4. The molecule has 22 heavy (non-hydrogen) atoms. The Morgan fingerprint density at radius 1 is 1.23 bits per heavy atom. The van der Waals surface area contributed by atoms with Gasteiger partial charge in [-0.25, -0.2) is 4.98 Å². The van der Waals surface area contributed by atoms with E-state index in [1.165, 1.54) is 10.9 Å². The Morgan fingerprint density at radius 3 is 2.91 bits per heavy atom. The number of H-pyrrole nitrogens is 1. The van der Waals surface area contributed by atoms with Crippen molar-refractivity contribution in [3.63, 3.8) is 0 Å². The van der Waals surface area contributed by atoms with Crippen molar-refractivity contribution < 1.29 is 5.11 Å². The first-order chi connectivity index (χ1) is 10.8. The molecule has 0 aliphatic carbocycles. The van der Waals surface area contributed by atoms with Gasteiger partial charge in [0.1, 0.15) is 5.82 Å². The van der Waals surface area contributed by atoms with Crippen molar-refractivity contribution in [1.29, 1.82) is 0 Å². The molecule has 5 nitrogen and oxygen atoms in total. The Morgan fingerprint density at radius 2 is 2.14 bits per heavy atom. The summed E-state index contributed by atoms with van der Waals surface area (Å²) >= 11 is 0. The molecule has 114 valence electrons. The van der Waals surface area contributed by atoms with Gasteiger partial charge in [-0.2, -0.15) is 0 Å². The number of hydrogen-bond donors (Lipinski definition) is 3. The molecule has 0 unspecified atom stereocenters. The number of aromatic amines is 1. The van der Waals surface area contributed by atoms with Crippen molar-refractivity contribution in [2.45, 2.75) is 6.54 Å². The molecule has 0 aliphatic heterocycles. The van der Waals surface area contributed by atoms with Crippen LogP contribution < -0.4 is 10.2 Å². The van der Waals surface area contributed by atoms with Gasteiger partial charge in [0.05, 0.1) is 18.5 Å². The second-order valence-electron chi connectivity index (χ2n) is 5.26. The molecule has 2 aromatic heterocycles. The van der Waals surface area contributed by atoms with Crippen LogP contribution in [0.1, 0.15) is 5.56 Å². The fourth-order valence-corrected chi connectivity index (χ4v) is 2.49. The molecule has 0 bridgehead atoms. The van der Waals surface area contributed by atoms with Crippen LogP contribution in [0, 0.1) is 0 Å². The summed E-state index contributed by atoms with van der Waals surface area (Å²) in [5.41, 5.74) is 3.38. The summed E-state index contributed by atoms with van der Waals surface area (Å²) in [7, 11) is 1.94. The normalized spacial score (nSPS) is 10.8. The molecule has 0 radical (unpaired) electrons. The molecule has 3 N–H and O–H groups in total. The van der Waals surface area contributed by atoms with Crippen LogP contribution in [-0.2, 0) is 6.54 Å². The predicted molar refractivity (Wildman–Crippen MR) is 90.2 cm³/mol. The van der Waals surface area contributed by atoms with Gasteiger partial charge in [-0.15, -0.1) is 0 Å². The zero-order valence-electron chi connectivity index (χ0n) is 12.6. The summed E-state index contributed by atoms with van der Waals surface area (Å²) in [5.74, 6) is 0.841. The summed E-state index contributed by atoms with van der Waals surface area (Å²) in [6.45, 7) is 1.47. The van der Waals surface area contributed by atoms with Gasteiger partial charge >= 0.3 is 0 Å². The number of aromatic nitrogens is 2. The Bertz CT molecular complexity index is 736. The number of nitrogens with one attached hydrogen (secondary N) is 2. The largest absolute Gasteiger partial charge is 0.395 e. The second kappa shape index (κ2) is 6.49. The van der Waals surface area contributed by atoms with E-state index >= 15 is 0 Å². The third-order valence-corrected chi connectivity index (χ3v) is 3.77. The van der Waals surface area contributed by atoms with Gasteiger partial charge in [0.2, 0.25) is 0 Å². The van der Waals surface area contributed by atoms with Crippen LogP contribution >= 0.6 is 0 Å². The van der Waals surface area contributed by atoms with Gasteiger partial charge in [-0.3, -0.25) is 0 Å². The van der Waals surface area contributed by atoms with Gasteiger partial charge < -0.3 is 20.3 Å². The maximum atomic E-state index is 8.95. The number of anilines is 2. The van der Waals surface area contributed by atoms with Crippen molar-refractivity contribution in [1.82, 2.24) is 9.97 Å². The average Bonchev–Trinajstić information content (AvgIpc) is 3.03. The molecule has 0 amide bonds. The van der Waals surface area contributed by atoms with Gasteiger partial charge in [-0.1, -0.05) is 12.1 Å². The number of pyridine rings is 1. The third-order valence-electron chi connectivity index (χ3n) is 3.77. The zero-order valence-corrected chi connectivity index (χ0v) is 12.6. The molecular weight excluding hydrogens is 276 g/mol.